The first-order valence-electron chi connectivity index (χ1n) is 12.8. The van der Waals surface area contributed by atoms with Crippen molar-refractivity contribution < 1.29 is 34.1 Å². The van der Waals surface area contributed by atoms with Crippen LogP contribution >= 0.6 is 22.9 Å². The number of hydrogen-bond donors (Lipinski definition) is 2. The number of anilines is 1. The third kappa shape index (κ3) is 7.64. The van der Waals surface area contributed by atoms with Crippen LogP contribution in [0.2, 0.25) is 5.02 Å². The maximum absolute atomic E-state index is 13.8. The minimum absolute atomic E-state index is 0.0572. The molecule has 1 fully saturated rings. The van der Waals surface area contributed by atoms with Crippen molar-refractivity contribution in [1.82, 2.24) is 4.90 Å². The standard InChI is InChI=1S/C28H37ClN2O7S/c1-28(2,3)16-31(23(33)9-8-22(32)30-11-6-7-17(15-30)27(35)36)24-19(13-18(29)14-21(24)38-5)25(34)26-20(37-4)10-12-39-26/h10,12-14,17,25,34H,6-9,11,15-16H2,1-5H3,(H,35,36)/t17-,25?/m0/s1. The van der Waals surface area contributed by atoms with E-state index in [4.69, 9.17) is 21.1 Å². The summed E-state index contributed by atoms with van der Waals surface area (Å²) in [5, 5.41) is 23.0. The molecule has 2 atom stereocenters. The van der Waals surface area contributed by atoms with Crippen molar-refractivity contribution in [3.63, 3.8) is 0 Å². The number of benzene rings is 1. The zero-order chi connectivity index (χ0) is 28.9. The lowest BCUT2D eigenvalue weighted by molar-refractivity contribution is -0.146. The summed E-state index contributed by atoms with van der Waals surface area (Å²) < 4.78 is 11.1. The number of aliphatic hydroxyl groups excluding tert-OH is 1. The van der Waals surface area contributed by atoms with Crippen LogP contribution in [0.1, 0.15) is 63.0 Å². The third-order valence-electron chi connectivity index (χ3n) is 6.59. The smallest absolute Gasteiger partial charge is 0.308 e. The molecule has 1 aromatic heterocycles. The number of piperidine rings is 1. The number of aliphatic carboxylic acids is 1. The third-order valence-corrected chi connectivity index (χ3v) is 7.76. The SMILES string of the molecule is COc1ccsc1C(O)c1cc(Cl)cc(OC)c1N(CC(C)(C)C)C(=O)CCC(=O)N1CCC[C@H](C(=O)O)C1. The fraction of sp³-hybridized carbons (Fsp3) is 0.536. The molecule has 0 radical (unpaired) electrons. The second-order valence-corrected chi connectivity index (χ2v) is 12.2. The van der Waals surface area contributed by atoms with Crippen molar-refractivity contribution in [2.24, 2.45) is 11.3 Å². The molecule has 1 aliphatic heterocycles. The first-order chi connectivity index (χ1) is 18.4. The Hall–Kier alpha value is -2.82. The van der Waals surface area contributed by atoms with Gasteiger partial charge in [0.25, 0.3) is 0 Å². The highest BCUT2D eigenvalue weighted by Gasteiger charge is 2.33. The van der Waals surface area contributed by atoms with Crippen molar-refractivity contribution in [2.45, 2.75) is 52.6 Å². The van der Waals surface area contributed by atoms with Crippen LogP contribution in [-0.2, 0) is 14.4 Å². The molecule has 214 valence electrons. The molecular formula is C28H37ClN2O7S. The predicted molar refractivity (Wildman–Crippen MR) is 151 cm³/mol. The number of carboxylic acids is 1. The van der Waals surface area contributed by atoms with Gasteiger partial charge < -0.3 is 29.5 Å². The van der Waals surface area contributed by atoms with E-state index in [1.165, 1.54) is 30.5 Å². The van der Waals surface area contributed by atoms with Gasteiger partial charge in [-0.15, -0.1) is 11.3 Å². The van der Waals surface area contributed by atoms with Gasteiger partial charge in [0.05, 0.1) is 30.7 Å². The topological polar surface area (TPSA) is 117 Å². The van der Waals surface area contributed by atoms with Crippen molar-refractivity contribution in [1.29, 1.82) is 0 Å². The summed E-state index contributed by atoms with van der Waals surface area (Å²) in [6.45, 7) is 6.87. The maximum atomic E-state index is 13.8. The number of carboxylic acid groups (broad SMARTS) is 1. The highest BCUT2D eigenvalue weighted by Crippen LogP contribution is 2.44. The molecule has 0 spiro atoms. The molecule has 1 aromatic carbocycles. The normalized spacial score (nSPS) is 16.5. The number of methoxy groups -OCH3 is 2. The summed E-state index contributed by atoms with van der Waals surface area (Å²) >= 11 is 7.72. The number of halogens is 1. The van der Waals surface area contributed by atoms with Gasteiger partial charge in [-0.3, -0.25) is 14.4 Å². The molecule has 39 heavy (non-hydrogen) atoms. The van der Waals surface area contributed by atoms with Crippen LogP contribution in [-0.4, -0.2) is 66.8 Å². The molecule has 0 bridgehead atoms. The number of carbonyl (C=O) groups excluding carboxylic acids is 2. The van der Waals surface area contributed by atoms with Crippen molar-refractivity contribution in [2.75, 3.05) is 38.8 Å². The van der Waals surface area contributed by atoms with Gasteiger partial charge in [-0.1, -0.05) is 32.4 Å². The van der Waals surface area contributed by atoms with Gasteiger partial charge in [-0.05, 0) is 35.8 Å². The Kier molecular flexibility index (Phi) is 10.3. The molecule has 0 aliphatic carbocycles. The second-order valence-electron chi connectivity index (χ2n) is 10.9. The fourth-order valence-electron chi connectivity index (χ4n) is 4.74. The summed E-state index contributed by atoms with van der Waals surface area (Å²) in [6.07, 6.45) is -0.151. The van der Waals surface area contributed by atoms with E-state index < -0.39 is 18.0 Å². The monoisotopic (exact) mass is 580 g/mol. The van der Waals surface area contributed by atoms with Gasteiger partial charge in [0.1, 0.15) is 17.6 Å². The lowest BCUT2D eigenvalue weighted by Crippen LogP contribution is -2.43. The zero-order valence-electron chi connectivity index (χ0n) is 23.0. The largest absolute Gasteiger partial charge is 0.495 e. The van der Waals surface area contributed by atoms with Crippen LogP contribution in [0.5, 0.6) is 11.5 Å². The number of rotatable bonds is 10. The van der Waals surface area contributed by atoms with E-state index in [1.54, 1.807) is 28.5 Å². The molecule has 9 nitrogen and oxygen atoms in total. The average molecular weight is 581 g/mol. The molecule has 2 heterocycles. The van der Waals surface area contributed by atoms with Gasteiger partial charge in [0.15, 0.2) is 0 Å². The number of amides is 2. The Labute approximate surface area is 238 Å². The Morgan fingerprint density at radius 1 is 1.18 bits per heavy atom. The number of nitrogens with zero attached hydrogens (tertiary/aromatic N) is 2. The first-order valence-corrected chi connectivity index (χ1v) is 14.1. The lowest BCUT2D eigenvalue weighted by atomic mass is 9.94. The number of aliphatic hydroxyl groups is 1. The van der Waals surface area contributed by atoms with Gasteiger partial charge in [-0.25, -0.2) is 0 Å². The Bertz CT molecular complexity index is 1190. The Balaban J connectivity index is 1.95. The number of likely N-dealkylation sites (tertiary alicyclic amines) is 1. The first kappa shape index (κ1) is 30.7. The van der Waals surface area contributed by atoms with Gasteiger partial charge >= 0.3 is 5.97 Å². The minimum Gasteiger partial charge on any atom is -0.495 e. The zero-order valence-corrected chi connectivity index (χ0v) is 24.6. The summed E-state index contributed by atoms with van der Waals surface area (Å²) in [7, 11) is 2.99. The summed E-state index contributed by atoms with van der Waals surface area (Å²) in [4.78, 5) is 41.8. The lowest BCUT2D eigenvalue weighted by Gasteiger charge is -2.34. The molecule has 0 saturated carbocycles. The quantitative estimate of drug-likeness (QED) is 0.407. The van der Waals surface area contributed by atoms with Crippen molar-refractivity contribution in [3.05, 3.63) is 39.0 Å². The molecule has 2 N–H and O–H groups in total. The molecular weight excluding hydrogens is 544 g/mol. The van der Waals surface area contributed by atoms with Gasteiger partial charge in [-0.2, -0.15) is 0 Å². The van der Waals surface area contributed by atoms with Crippen LogP contribution in [0, 0.1) is 11.3 Å². The van der Waals surface area contributed by atoms with E-state index in [2.05, 4.69) is 0 Å². The maximum Gasteiger partial charge on any atom is 0.308 e. The van der Waals surface area contributed by atoms with E-state index in [-0.39, 0.29) is 43.2 Å². The van der Waals surface area contributed by atoms with Crippen LogP contribution in [0.3, 0.4) is 0 Å². The van der Waals surface area contributed by atoms with E-state index in [1.807, 2.05) is 20.8 Å². The van der Waals surface area contributed by atoms with E-state index in [0.29, 0.717) is 52.0 Å². The Morgan fingerprint density at radius 3 is 2.49 bits per heavy atom. The minimum atomic E-state index is -1.15. The number of ether oxygens (including phenoxy) is 2. The van der Waals surface area contributed by atoms with Crippen LogP contribution < -0.4 is 14.4 Å². The molecule has 2 amide bonds. The molecule has 1 unspecified atom stereocenters. The number of hydrogen-bond acceptors (Lipinski definition) is 7. The average Bonchev–Trinajstić information content (AvgIpc) is 3.38. The summed E-state index contributed by atoms with van der Waals surface area (Å²) in [5.41, 5.74) is 0.417. The van der Waals surface area contributed by atoms with Crippen molar-refractivity contribution >= 4 is 46.4 Å². The van der Waals surface area contributed by atoms with Crippen LogP contribution in [0.4, 0.5) is 5.69 Å². The highest BCUT2D eigenvalue weighted by atomic mass is 35.5. The second kappa shape index (κ2) is 13.0. The van der Waals surface area contributed by atoms with E-state index >= 15 is 0 Å². The molecule has 3 rings (SSSR count). The number of carbonyl (C=O) groups is 3. The fourth-order valence-corrected chi connectivity index (χ4v) is 5.82. The van der Waals surface area contributed by atoms with Crippen LogP contribution in [0.15, 0.2) is 23.6 Å². The van der Waals surface area contributed by atoms with E-state index in [0.717, 1.165) is 0 Å². The number of thiophene rings is 1. The molecule has 1 aliphatic rings. The summed E-state index contributed by atoms with van der Waals surface area (Å²) in [5.74, 6) is -1.25. The summed E-state index contributed by atoms with van der Waals surface area (Å²) in [6, 6.07) is 4.95. The van der Waals surface area contributed by atoms with Crippen molar-refractivity contribution in [3.8, 4) is 11.5 Å². The highest BCUT2D eigenvalue weighted by molar-refractivity contribution is 7.10. The van der Waals surface area contributed by atoms with Gasteiger partial charge in [0, 0.05) is 49.1 Å². The Morgan fingerprint density at radius 2 is 1.87 bits per heavy atom. The molecule has 1 saturated heterocycles. The van der Waals surface area contributed by atoms with E-state index in [9.17, 15) is 24.6 Å². The molecule has 2 aromatic rings. The van der Waals surface area contributed by atoms with Gasteiger partial charge in [0.2, 0.25) is 11.8 Å². The molecule has 11 heteroatoms. The predicted octanol–water partition coefficient (Wildman–Crippen LogP) is 4.98. The van der Waals surface area contributed by atoms with Crippen LogP contribution in [0.25, 0.3) is 0 Å².